The highest BCUT2D eigenvalue weighted by Crippen LogP contribution is 2.25. The summed E-state index contributed by atoms with van der Waals surface area (Å²) in [6, 6.07) is 22.4. The summed E-state index contributed by atoms with van der Waals surface area (Å²) < 4.78 is 0. The van der Waals surface area contributed by atoms with Gasteiger partial charge in [-0.2, -0.15) is 0 Å². The second-order valence-electron chi connectivity index (χ2n) is 5.38. The molecule has 0 amide bonds. The fraction of sp³-hybridized carbons (Fsp3) is 0.333. The summed E-state index contributed by atoms with van der Waals surface area (Å²) in [7, 11) is 0. The molecule has 2 aromatic carbocycles. The molecule has 0 unspecified atom stereocenters. The summed E-state index contributed by atoms with van der Waals surface area (Å²) in [5.41, 5.74) is 2.80. The second kappa shape index (κ2) is 5.92. The summed E-state index contributed by atoms with van der Waals surface area (Å²) in [6.45, 7) is 2.35. The first-order valence-electron chi connectivity index (χ1n) is 7.17. The van der Waals surface area contributed by atoms with E-state index in [4.69, 9.17) is 0 Å². The SMILES string of the molecule is [c]1cccc(N2CCC(Cc3ccccc3)CC2)c1. The maximum absolute atomic E-state index is 3.17. The molecular formula is C18H20N. The van der Waals surface area contributed by atoms with E-state index in [0.29, 0.717) is 0 Å². The lowest BCUT2D eigenvalue weighted by Gasteiger charge is -2.33. The zero-order valence-electron chi connectivity index (χ0n) is 11.3. The van der Waals surface area contributed by atoms with E-state index in [-0.39, 0.29) is 0 Å². The summed E-state index contributed by atoms with van der Waals surface area (Å²) in [6.07, 6.45) is 3.82. The van der Waals surface area contributed by atoms with Crippen molar-refractivity contribution in [3.8, 4) is 0 Å². The molecular weight excluding hydrogens is 230 g/mol. The van der Waals surface area contributed by atoms with Crippen LogP contribution in [0.3, 0.4) is 0 Å². The average molecular weight is 250 g/mol. The van der Waals surface area contributed by atoms with Crippen molar-refractivity contribution in [2.45, 2.75) is 19.3 Å². The maximum Gasteiger partial charge on any atom is 0.0372 e. The molecule has 1 fully saturated rings. The van der Waals surface area contributed by atoms with Gasteiger partial charge in [0, 0.05) is 18.8 Å². The van der Waals surface area contributed by atoms with Crippen LogP contribution >= 0.6 is 0 Å². The Kier molecular flexibility index (Phi) is 3.83. The lowest BCUT2D eigenvalue weighted by atomic mass is 9.90. The van der Waals surface area contributed by atoms with Crippen LogP contribution in [0.2, 0.25) is 0 Å². The topological polar surface area (TPSA) is 3.24 Å². The second-order valence-corrected chi connectivity index (χ2v) is 5.38. The fourth-order valence-electron chi connectivity index (χ4n) is 2.92. The van der Waals surface area contributed by atoms with Gasteiger partial charge >= 0.3 is 0 Å². The highest BCUT2D eigenvalue weighted by molar-refractivity contribution is 5.45. The lowest BCUT2D eigenvalue weighted by molar-refractivity contribution is 0.404. The smallest absolute Gasteiger partial charge is 0.0372 e. The predicted octanol–water partition coefficient (Wildman–Crippen LogP) is 3.95. The van der Waals surface area contributed by atoms with E-state index in [0.717, 1.165) is 5.92 Å². The first kappa shape index (κ1) is 12.3. The highest BCUT2D eigenvalue weighted by atomic mass is 15.1. The minimum Gasteiger partial charge on any atom is -0.371 e. The van der Waals surface area contributed by atoms with Gasteiger partial charge in [0.15, 0.2) is 0 Å². The lowest BCUT2D eigenvalue weighted by Crippen LogP contribution is -2.34. The van der Waals surface area contributed by atoms with Gasteiger partial charge < -0.3 is 4.90 Å². The molecule has 0 bridgehead atoms. The first-order chi connectivity index (χ1) is 9.42. The van der Waals surface area contributed by atoms with Crippen molar-refractivity contribution < 1.29 is 0 Å². The van der Waals surface area contributed by atoms with Crippen LogP contribution in [0.25, 0.3) is 0 Å². The molecule has 3 rings (SSSR count). The number of hydrogen-bond donors (Lipinski definition) is 0. The van der Waals surface area contributed by atoms with Gasteiger partial charge in [-0.1, -0.05) is 42.5 Å². The summed E-state index contributed by atoms with van der Waals surface area (Å²) >= 11 is 0. The summed E-state index contributed by atoms with van der Waals surface area (Å²) in [5, 5.41) is 0. The van der Waals surface area contributed by atoms with Crippen LogP contribution in [0.5, 0.6) is 0 Å². The third kappa shape index (κ3) is 3.17. The minimum atomic E-state index is 0.839. The molecule has 1 aliphatic heterocycles. The van der Waals surface area contributed by atoms with Gasteiger partial charge in [-0.05, 0) is 48.9 Å². The predicted molar refractivity (Wildman–Crippen MR) is 80.4 cm³/mol. The number of nitrogens with zero attached hydrogens (tertiary/aromatic N) is 1. The molecule has 1 heteroatoms. The van der Waals surface area contributed by atoms with Crippen molar-refractivity contribution in [2.75, 3.05) is 18.0 Å². The van der Waals surface area contributed by atoms with Gasteiger partial charge in [0.2, 0.25) is 0 Å². The molecule has 0 N–H and O–H groups in total. The normalized spacial score (nSPS) is 16.5. The standard InChI is InChI=1S/C18H20N/c1-3-7-16(8-4-1)15-17-11-13-19(14-12-17)18-9-5-2-6-10-18/h1-5,7-10,17H,11-15H2. The van der Waals surface area contributed by atoms with Gasteiger partial charge in [0.25, 0.3) is 0 Å². The molecule has 19 heavy (non-hydrogen) atoms. The molecule has 0 atom stereocenters. The molecule has 0 aliphatic carbocycles. The Balaban J connectivity index is 1.55. The molecule has 1 radical (unpaired) electrons. The van der Waals surface area contributed by atoms with E-state index in [1.807, 2.05) is 6.07 Å². The third-order valence-corrected chi connectivity index (χ3v) is 4.04. The van der Waals surface area contributed by atoms with Crippen molar-refractivity contribution in [1.82, 2.24) is 0 Å². The van der Waals surface area contributed by atoms with Crippen LogP contribution in [0, 0.1) is 12.0 Å². The Labute approximate surface area is 115 Å². The zero-order chi connectivity index (χ0) is 12.9. The number of piperidine rings is 1. The van der Waals surface area contributed by atoms with Crippen LogP contribution in [-0.2, 0) is 6.42 Å². The first-order valence-corrected chi connectivity index (χ1v) is 7.17. The minimum absolute atomic E-state index is 0.839. The van der Waals surface area contributed by atoms with Gasteiger partial charge in [-0.25, -0.2) is 0 Å². The molecule has 1 saturated heterocycles. The number of benzene rings is 2. The van der Waals surface area contributed by atoms with E-state index >= 15 is 0 Å². The Morgan fingerprint density at radius 1 is 1.00 bits per heavy atom. The molecule has 1 nitrogen and oxygen atoms in total. The Bertz CT molecular complexity index is 484. The van der Waals surface area contributed by atoms with Crippen LogP contribution in [-0.4, -0.2) is 13.1 Å². The van der Waals surface area contributed by atoms with Gasteiger partial charge in [0.1, 0.15) is 0 Å². The highest BCUT2D eigenvalue weighted by Gasteiger charge is 2.19. The zero-order valence-corrected chi connectivity index (χ0v) is 11.3. The molecule has 1 heterocycles. The van der Waals surface area contributed by atoms with Gasteiger partial charge in [-0.3, -0.25) is 0 Å². The van der Waals surface area contributed by atoms with Crippen LogP contribution in [0.15, 0.2) is 54.6 Å². The van der Waals surface area contributed by atoms with Crippen molar-refractivity contribution in [3.63, 3.8) is 0 Å². The number of anilines is 1. The van der Waals surface area contributed by atoms with Crippen LogP contribution in [0.1, 0.15) is 18.4 Å². The van der Waals surface area contributed by atoms with E-state index in [1.54, 1.807) is 0 Å². The monoisotopic (exact) mass is 250 g/mol. The molecule has 0 aromatic heterocycles. The van der Waals surface area contributed by atoms with Crippen LogP contribution < -0.4 is 4.90 Å². The Hall–Kier alpha value is -1.76. The Morgan fingerprint density at radius 3 is 2.47 bits per heavy atom. The maximum atomic E-state index is 3.17. The van der Waals surface area contributed by atoms with E-state index in [1.165, 1.54) is 43.6 Å². The van der Waals surface area contributed by atoms with E-state index in [9.17, 15) is 0 Å². The van der Waals surface area contributed by atoms with E-state index in [2.05, 4.69) is 59.5 Å². The summed E-state index contributed by atoms with van der Waals surface area (Å²) in [4.78, 5) is 2.48. The van der Waals surface area contributed by atoms with Crippen molar-refractivity contribution in [3.05, 3.63) is 66.2 Å². The van der Waals surface area contributed by atoms with Crippen molar-refractivity contribution in [2.24, 2.45) is 5.92 Å². The van der Waals surface area contributed by atoms with Crippen LogP contribution in [0.4, 0.5) is 5.69 Å². The Morgan fingerprint density at radius 2 is 1.79 bits per heavy atom. The summed E-state index contributed by atoms with van der Waals surface area (Å²) in [5.74, 6) is 0.839. The van der Waals surface area contributed by atoms with Gasteiger partial charge in [-0.15, -0.1) is 0 Å². The van der Waals surface area contributed by atoms with Gasteiger partial charge in [0.05, 0.1) is 0 Å². The molecule has 0 saturated carbocycles. The third-order valence-electron chi connectivity index (χ3n) is 4.04. The molecule has 1 aliphatic rings. The fourth-order valence-corrected chi connectivity index (χ4v) is 2.92. The molecule has 2 aromatic rings. The van der Waals surface area contributed by atoms with Crippen molar-refractivity contribution in [1.29, 1.82) is 0 Å². The van der Waals surface area contributed by atoms with Crippen molar-refractivity contribution >= 4 is 5.69 Å². The van der Waals surface area contributed by atoms with E-state index < -0.39 is 0 Å². The quantitative estimate of drug-likeness (QED) is 0.797. The average Bonchev–Trinajstić information content (AvgIpc) is 2.50. The molecule has 97 valence electrons. The number of rotatable bonds is 3. The largest absolute Gasteiger partial charge is 0.371 e. The number of hydrogen-bond acceptors (Lipinski definition) is 1. The molecule has 0 spiro atoms.